The van der Waals surface area contributed by atoms with Gasteiger partial charge < -0.3 is 28.3 Å². The Morgan fingerprint density at radius 3 is 1.05 bits per heavy atom. The summed E-state index contributed by atoms with van der Waals surface area (Å²) in [5.41, 5.74) is 0. The molecule has 0 rings (SSSR count). The molecule has 0 heterocycles. The third-order valence-corrected chi connectivity index (χ3v) is 4.02. The van der Waals surface area contributed by atoms with E-state index in [-0.39, 0.29) is 0 Å². The molecule has 0 aliphatic rings. The highest BCUT2D eigenvalue weighted by atomic mass is 31.2. The summed E-state index contributed by atoms with van der Waals surface area (Å²) < 4.78 is 17.3. The highest BCUT2D eigenvalue weighted by molar-refractivity contribution is 7.41. The summed E-state index contributed by atoms with van der Waals surface area (Å²) in [5, 5.41) is 0. The van der Waals surface area contributed by atoms with Gasteiger partial charge in [0.25, 0.3) is 0 Å². The van der Waals surface area contributed by atoms with Crippen molar-refractivity contribution in [3.63, 3.8) is 0 Å². The van der Waals surface area contributed by atoms with Crippen molar-refractivity contribution in [1.82, 2.24) is 14.7 Å². The Balaban J connectivity index is 3.86. The number of hydrogen-bond acceptors (Lipinski definition) is 6. The lowest BCUT2D eigenvalue weighted by Crippen LogP contribution is -2.16. The van der Waals surface area contributed by atoms with Crippen LogP contribution in [0.3, 0.4) is 0 Å². The average molecular weight is 337 g/mol. The minimum Gasteiger partial charge on any atom is -0.312 e. The molecule has 0 aromatic carbocycles. The van der Waals surface area contributed by atoms with Crippen molar-refractivity contribution in [2.75, 3.05) is 81.7 Å². The van der Waals surface area contributed by atoms with Crippen LogP contribution >= 0.6 is 8.60 Å². The van der Waals surface area contributed by atoms with Crippen LogP contribution in [0, 0.1) is 0 Å². The fraction of sp³-hybridized carbons (Fsp3) is 1.00. The molecule has 0 saturated carbocycles. The summed E-state index contributed by atoms with van der Waals surface area (Å²) in [6, 6.07) is 0. The lowest BCUT2D eigenvalue weighted by atomic mass is 10.4. The summed E-state index contributed by atoms with van der Waals surface area (Å²) in [6.45, 7) is 5.11. The second-order valence-corrected chi connectivity index (χ2v) is 7.42. The average Bonchev–Trinajstić information content (AvgIpc) is 2.42. The Hall–Kier alpha value is 0.190. The van der Waals surface area contributed by atoms with Crippen molar-refractivity contribution in [3.05, 3.63) is 0 Å². The lowest BCUT2D eigenvalue weighted by Gasteiger charge is -2.18. The molecular formula is C15H36N3O3P. The number of rotatable bonds is 15. The van der Waals surface area contributed by atoms with Crippen LogP contribution in [-0.2, 0) is 13.6 Å². The van der Waals surface area contributed by atoms with Crippen molar-refractivity contribution in [2.24, 2.45) is 0 Å². The van der Waals surface area contributed by atoms with Gasteiger partial charge in [-0.25, -0.2) is 0 Å². The maximum Gasteiger partial charge on any atom is 0.332 e. The minimum atomic E-state index is -1.21. The molecule has 0 saturated heterocycles. The maximum absolute atomic E-state index is 5.77. The Labute approximate surface area is 138 Å². The van der Waals surface area contributed by atoms with E-state index in [1.165, 1.54) is 0 Å². The third kappa shape index (κ3) is 16.6. The summed E-state index contributed by atoms with van der Waals surface area (Å²) in [6.07, 6.45) is 2.98. The first-order valence-electron chi connectivity index (χ1n) is 8.05. The van der Waals surface area contributed by atoms with Gasteiger partial charge in [0.2, 0.25) is 0 Å². The van der Waals surface area contributed by atoms with Gasteiger partial charge in [-0.2, -0.15) is 0 Å². The molecule has 0 aliphatic carbocycles. The fourth-order valence-electron chi connectivity index (χ4n) is 1.67. The van der Waals surface area contributed by atoms with Crippen LogP contribution in [0.1, 0.15) is 19.3 Å². The Morgan fingerprint density at radius 2 is 0.818 bits per heavy atom. The van der Waals surface area contributed by atoms with Crippen molar-refractivity contribution in [2.45, 2.75) is 19.3 Å². The maximum atomic E-state index is 5.77. The van der Waals surface area contributed by atoms with E-state index in [4.69, 9.17) is 13.6 Å². The van der Waals surface area contributed by atoms with Gasteiger partial charge in [0, 0.05) is 0 Å². The van der Waals surface area contributed by atoms with Crippen LogP contribution in [0.4, 0.5) is 0 Å². The largest absolute Gasteiger partial charge is 0.332 e. The van der Waals surface area contributed by atoms with E-state index in [1.807, 2.05) is 0 Å². The van der Waals surface area contributed by atoms with E-state index < -0.39 is 8.60 Å². The molecule has 7 heteroatoms. The predicted molar refractivity (Wildman–Crippen MR) is 94.3 cm³/mol. The molecule has 22 heavy (non-hydrogen) atoms. The molecule has 6 nitrogen and oxygen atoms in total. The van der Waals surface area contributed by atoms with Crippen molar-refractivity contribution < 1.29 is 13.6 Å². The fourth-order valence-corrected chi connectivity index (χ4v) is 2.73. The normalized spacial score (nSPS) is 12.3. The molecule has 0 unspecified atom stereocenters. The molecule has 0 aliphatic heterocycles. The molecule has 0 aromatic rings. The minimum absolute atomic E-state index is 0.686. The topological polar surface area (TPSA) is 37.4 Å². The molecule has 0 radical (unpaired) electrons. The molecule has 134 valence electrons. The standard InChI is InChI=1S/C15H36N3O3P/c1-16(2)10-7-13-19-22(20-14-8-11-17(3)4)21-15-9-12-18(5)6/h7-15H2,1-6H3. The van der Waals surface area contributed by atoms with Crippen molar-refractivity contribution in [1.29, 1.82) is 0 Å². The van der Waals surface area contributed by atoms with Crippen LogP contribution in [0.15, 0.2) is 0 Å². The first-order valence-corrected chi connectivity index (χ1v) is 9.14. The number of hydrogen-bond donors (Lipinski definition) is 0. The zero-order valence-corrected chi connectivity index (χ0v) is 16.3. The Kier molecular flexibility index (Phi) is 14.9. The number of nitrogens with zero attached hydrogens (tertiary/aromatic N) is 3. The zero-order valence-electron chi connectivity index (χ0n) is 15.4. The van der Waals surface area contributed by atoms with E-state index in [1.54, 1.807) is 0 Å². The Morgan fingerprint density at radius 1 is 0.545 bits per heavy atom. The van der Waals surface area contributed by atoms with E-state index in [0.717, 1.165) is 38.9 Å². The summed E-state index contributed by atoms with van der Waals surface area (Å²) in [7, 11) is 11.2. The van der Waals surface area contributed by atoms with Crippen molar-refractivity contribution >= 4 is 8.60 Å². The van der Waals surface area contributed by atoms with E-state index >= 15 is 0 Å². The molecule has 0 bridgehead atoms. The highest BCUT2D eigenvalue weighted by Crippen LogP contribution is 2.39. The molecule has 0 fully saturated rings. The van der Waals surface area contributed by atoms with Crippen LogP contribution in [0.25, 0.3) is 0 Å². The monoisotopic (exact) mass is 337 g/mol. The molecule has 0 atom stereocenters. The van der Waals surface area contributed by atoms with E-state index in [0.29, 0.717) is 19.8 Å². The molecular weight excluding hydrogens is 301 g/mol. The first kappa shape index (κ1) is 22.2. The molecule has 0 spiro atoms. The van der Waals surface area contributed by atoms with E-state index in [9.17, 15) is 0 Å². The SMILES string of the molecule is CN(C)CCCOP(OCCCN(C)C)OCCCN(C)C. The smallest absolute Gasteiger partial charge is 0.312 e. The Bertz CT molecular complexity index is 206. The van der Waals surface area contributed by atoms with Crippen LogP contribution in [-0.4, -0.2) is 96.4 Å². The van der Waals surface area contributed by atoms with Gasteiger partial charge in [0.15, 0.2) is 0 Å². The summed E-state index contributed by atoms with van der Waals surface area (Å²) >= 11 is 0. The van der Waals surface area contributed by atoms with Gasteiger partial charge in [-0.15, -0.1) is 0 Å². The van der Waals surface area contributed by atoms with Gasteiger partial charge in [-0.1, -0.05) is 0 Å². The van der Waals surface area contributed by atoms with Crippen LogP contribution in [0.2, 0.25) is 0 Å². The van der Waals surface area contributed by atoms with Gasteiger partial charge in [-0.05, 0) is 81.2 Å². The van der Waals surface area contributed by atoms with E-state index in [2.05, 4.69) is 57.0 Å². The van der Waals surface area contributed by atoms with Crippen LogP contribution in [0.5, 0.6) is 0 Å². The molecule has 0 amide bonds. The van der Waals surface area contributed by atoms with Gasteiger partial charge in [0.05, 0.1) is 19.8 Å². The van der Waals surface area contributed by atoms with Gasteiger partial charge in [0.1, 0.15) is 0 Å². The second-order valence-electron chi connectivity index (χ2n) is 6.19. The van der Waals surface area contributed by atoms with Gasteiger partial charge >= 0.3 is 8.60 Å². The summed E-state index contributed by atoms with van der Waals surface area (Å²) in [4.78, 5) is 6.46. The van der Waals surface area contributed by atoms with Crippen molar-refractivity contribution in [3.8, 4) is 0 Å². The second kappa shape index (κ2) is 14.8. The van der Waals surface area contributed by atoms with Crippen LogP contribution < -0.4 is 0 Å². The highest BCUT2D eigenvalue weighted by Gasteiger charge is 2.12. The molecule has 0 aromatic heterocycles. The quantitative estimate of drug-likeness (QED) is 0.337. The lowest BCUT2D eigenvalue weighted by molar-refractivity contribution is 0.148. The predicted octanol–water partition coefficient (Wildman–Crippen LogP) is 2.12. The van der Waals surface area contributed by atoms with Gasteiger partial charge in [-0.3, -0.25) is 0 Å². The molecule has 0 N–H and O–H groups in total. The summed E-state index contributed by atoms with van der Waals surface area (Å²) in [5.74, 6) is 0. The first-order chi connectivity index (χ1) is 10.4. The third-order valence-electron chi connectivity index (χ3n) is 2.84. The zero-order chi connectivity index (χ0) is 16.8.